The van der Waals surface area contributed by atoms with Crippen LogP contribution in [0.5, 0.6) is 0 Å². The molecule has 3 nitrogen and oxygen atoms in total. The molecular weight excluding hydrogens is 679 g/mol. The first-order valence-corrected chi connectivity index (χ1v) is 19.8. The Morgan fingerprint density at radius 3 is 1.66 bits per heavy atom. The van der Waals surface area contributed by atoms with Crippen molar-refractivity contribution in [1.82, 2.24) is 10.6 Å². The number of rotatable bonds is 9. The summed E-state index contributed by atoms with van der Waals surface area (Å²) in [6.07, 6.45) is 0. The van der Waals surface area contributed by atoms with Crippen LogP contribution in [-0.2, 0) is 6.54 Å². The van der Waals surface area contributed by atoms with E-state index in [4.69, 9.17) is 5.73 Å². The Kier molecular flexibility index (Phi) is 12.2. The Morgan fingerprint density at radius 1 is 0.571 bits per heavy atom. The SMILES string of the molecule is C=C(N)c1cccc(-c2ccc(C3CN3)c(-c3cc(-c4cccc5ccccc45)cc(-c4cccc5ccccc45)c3)c2)c1.CC.CCNCc1ccccc1. The number of hydrogen-bond acceptors (Lipinski definition) is 3. The van der Waals surface area contributed by atoms with E-state index in [1.807, 2.05) is 26.0 Å². The second-order valence-corrected chi connectivity index (χ2v) is 14.0. The van der Waals surface area contributed by atoms with E-state index in [9.17, 15) is 0 Å². The van der Waals surface area contributed by atoms with Crippen LogP contribution in [0.15, 0.2) is 183 Å². The minimum Gasteiger partial charge on any atom is -0.399 e. The van der Waals surface area contributed by atoms with Crippen molar-refractivity contribution in [1.29, 1.82) is 0 Å². The van der Waals surface area contributed by atoms with Crippen LogP contribution in [0.3, 0.4) is 0 Å². The van der Waals surface area contributed by atoms with Gasteiger partial charge in [0.1, 0.15) is 0 Å². The van der Waals surface area contributed by atoms with Crippen LogP contribution in [0.25, 0.3) is 71.7 Å². The predicted octanol–water partition coefficient (Wildman–Crippen LogP) is 13.1. The van der Waals surface area contributed by atoms with E-state index < -0.39 is 0 Å². The van der Waals surface area contributed by atoms with Gasteiger partial charge in [0.15, 0.2) is 0 Å². The normalized spacial score (nSPS) is 12.9. The summed E-state index contributed by atoms with van der Waals surface area (Å²) in [5.41, 5.74) is 19.9. The lowest BCUT2D eigenvalue weighted by Gasteiger charge is -2.17. The highest BCUT2D eigenvalue weighted by atomic mass is 15.1. The number of benzene rings is 8. The summed E-state index contributed by atoms with van der Waals surface area (Å²) < 4.78 is 0. The second-order valence-electron chi connectivity index (χ2n) is 14.0. The van der Waals surface area contributed by atoms with Crippen LogP contribution >= 0.6 is 0 Å². The van der Waals surface area contributed by atoms with Crippen LogP contribution in [0, 0.1) is 0 Å². The van der Waals surface area contributed by atoms with Gasteiger partial charge in [-0.1, -0.05) is 173 Å². The lowest BCUT2D eigenvalue weighted by Crippen LogP contribution is -2.11. The fourth-order valence-corrected chi connectivity index (χ4v) is 7.38. The van der Waals surface area contributed by atoms with Gasteiger partial charge >= 0.3 is 0 Å². The number of nitrogens with one attached hydrogen (secondary N) is 2. The summed E-state index contributed by atoms with van der Waals surface area (Å²) in [5.74, 6) is 0. The van der Waals surface area contributed by atoms with Gasteiger partial charge < -0.3 is 16.4 Å². The van der Waals surface area contributed by atoms with Crippen molar-refractivity contribution in [2.24, 2.45) is 5.73 Å². The minimum atomic E-state index is 0.358. The van der Waals surface area contributed by atoms with Crippen molar-refractivity contribution in [3.8, 4) is 44.5 Å². The smallest absolute Gasteiger partial charge is 0.0453 e. The first-order valence-electron chi connectivity index (χ1n) is 19.8. The monoisotopic (exact) mass is 729 g/mol. The van der Waals surface area contributed by atoms with Gasteiger partial charge in [0.05, 0.1) is 0 Å². The van der Waals surface area contributed by atoms with Crippen LogP contribution in [0.1, 0.15) is 43.5 Å². The average Bonchev–Trinajstić information content (AvgIpc) is 4.12. The second kappa shape index (κ2) is 17.9. The molecule has 9 rings (SSSR count). The molecule has 0 aromatic heterocycles. The Morgan fingerprint density at radius 2 is 1.09 bits per heavy atom. The first kappa shape index (κ1) is 38.0. The summed E-state index contributed by atoms with van der Waals surface area (Å²) in [6.45, 7) is 13.1. The lowest BCUT2D eigenvalue weighted by atomic mass is 9.87. The van der Waals surface area contributed by atoms with Gasteiger partial charge in [-0.05, 0) is 120 Å². The van der Waals surface area contributed by atoms with Crippen molar-refractivity contribution < 1.29 is 0 Å². The van der Waals surface area contributed by atoms with Gasteiger partial charge in [-0.15, -0.1) is 0 Å². The molecule has 0 amide bonds. The molecule has 56 heavy (non-hydrogen) atoms. The molecule has 0 radical (unpaired) electrons. The summed E-state index contributed by atoms with van der Waals surface area (Å²) in [7, 11) is 0. The fraction of sp³-hybridized carbons (Fsp3) is 0.132. The third-order valence-electron chi connectivity index (χ3n) is 10.3. The lowest BCUT2D eigenvalue weighted by molar-refractivity contribution is 0.727. The van der Waals surface area contributed by atoms with Gasteiger partial charge in [-0.2, -0.15) is 0 Å². The maximum absolute atomic E-state index is 6.07. The zero-order valence-electron chi connectivity index (χ0n) is 32.7. The first-order chi connectivity index (χ1) is 27.6. The molecule has 3 heteroatoms. The largest absolute Gasteiger partial charge is 0.399 e. The van der Waals surface area contributed by atoms with Crippen LogP contribution < -0.4 is 16.4 Å². The van der Waals surface area contributed by atoms with Gasteiger partial charge in [0, 0.05) is 24.8 Å². The maximum atomic E-state index is 6.07. The fourth-order valence-electron chi connectivity index (χ4n) is 7.38. The molecule has 8 aromatic carbocycles. The number of hydrogen-bond donors (Lipinski definition) is 3. The summed E-state index contributed by atoms with van der Waals surface area (Å²) in [6, 6.07) is 63.7. The van der Waals surface area contributed by atoms with E-state index in [1.165, 1.54) is 66.1 Å². The Labute approximate surface area is 332 Å². The van der Waals surface area contributed by atoms with Gasteiger partial charge in [0.2, 0.25) is 0 Å². The molecule has 0 spiro atoms. The zero-order chi connectivity index (χ0) is 38.9. The molecule has 278 valence electrons. The quantitative estimate of drug-likeness (QED) is 0.130. The molecule has 1 fully saturated rings. The maximum Gasteiger partial charge on any atom is 0.0453 e. The molecule has 1 atom stereocenters. The molecule has 4 N–H and O–H groups in total. The molecule has 1 aliphatic heterocycles. The summed E-state index contributed by atoms with van der Waals surface area (Å²) in [4.78, 5) is 0. The Hall–Kier alpha value is -6.26. The van der Waals surface area contributed by atoms with Crippen molar-refractivity contribution in [2.75, 3.05) is 13.1 Å². The molecule has 1 unspecified atom stereocenters. The highest BCUT2D eigenvalue weighted by Crippen LogP contribution is 2.42. The Balaban J connectivity index is 0.000000348. The standard InChI is InChI=1S/C42H32N2.C9H13N.C2H6/c1-27(43)30-13-6-14-31(21-30)32-19-20-40(42-26-44-42)41(25-32)35-23-33(38-17-7-11-28-9-2-4-15-36(28)38)22-34(24-35)39-18-8-12-29-10-3-5-16-37(29)39;1-2-10-8-9-6-4-3-5-7-9;1-2/h2-25,42,44H,1,26,43H2;3-7,10H,2,8H2,1H3;1-2H3. The van der Waals surface area contributed by atoms with Crippen LogP contribution in [0.4, 0.5) is 0 Å². The highest BCUT2D eigenvalue weighted by molar-refractivity contribution is 6.01. The topological polar surface area (TPSA) is 60.0 Å². The molecule has 1 saturated heterocycles. The third-order valence-corrected chi connectivity index (χ3v) is 10.3. The zero-order valence-corrected chi connectivity index (χ0v) is 32.7. The highest BCUT2D eigenvalue weighted by Gasteiger charge is 2.26. The van der Waals surface area contributed by atoms with Gasteiger partial charge in [-0.25, -0.2) is 0 Å². The molecule has 0 bridgehead atoms. The van der Waals surface area contributed by atoms with E-state index in [1.54, 1.807) is 0 Å². The van der Waals surface area contributed by atoms with Crippen molar-refractivity contribution in [2.45, 2.75) is 33.4 Å². The number of fused-ring (bicyclic) bond motifs is 2. The van der Waals surface area contributed by atoms with Crippen molar-refractivity contribution >= 4 is 27.2 Å². The predicted molar refractivity (Wildman–Crippen MR) is 242 cm³/mol. The Bertz CT molecular complexity index is 2470. The van der Waals surface area contributed by atoms with Crippen LogP contribution in [0.2, 0.25) is 0 Å². The van der Waals surface area contributed by atoms with E-state index >= 15 is 0 Å². The average molecular weight is 730 g/mol. The minimum absolute atomic E-state index is 0.358. The van der Waals surface area contributed by atoms with Gasteiger partial charge in [-0.3, -0.25) is 0 Å². The van der Waals surface area contributed by atoms with Crippen molar-refractivity contribution in [3.05, 3.63) is 199 Å². The molecule has 1 aliphatic rings. The van der Waals surface area contributed by atoms with E-state index in [-0.39, 0.29) is 0 Å². The molecule has 0 aliphatic carbocycles. The summed E-state index contributed by atoms with van der Waals surface area (Å²) >= 11 is 0. The van der Waals surface area contributed by atoms with Crippen molar-refractivity contribution in [3.63, 3.8) is 0 Å². The van der Waals surface area contributed by atoms with E-state index in [2.05, 4.69) is 188 Å². The summed E-state index contributed by atoms with van der Waals surface area (Å²) in [5, 5.41) is 11.8. The van der Waals surface area contributed by atoms with E-state index in [0.29, 0.717) is 11.7 Å². The molecular formula is C53H51N3. The van der Waals surface area contributed by atoms with Gasteiger partial charge in [0.25, 0.3) is 0 Å². The van der Waals surface area contributed by atoms with E-state index in [0.717, 1.165) is 36.3 Å². The number of nitrogens with two attached hydrogens (primary N) is 1. The van der Waals surface area contributed by atoms with Crippen LogP contribution in [-0.4, -0.2) is 13.1 Å². The molecule has 0 saturated carbocycles. The molecule has 1 heterocycles. The third kappa shape index (κ3) is 8.66. The molecule has 8 aromatic rings.